The van der Waals surface area contributed by atoms with E-state index in [0.29, 0.717) is 0 Å². The monoisotopic (exact) mass is 181 g/mol. The number of methoxy groups -OCH3 is 1. The van der Waals surface area contributed by atoms with Gasteiger partial charge in [0.15, 0.2) is 0 Å². The summed E-state index contributed by atoms with van der Waals surface area (Å²) in [6.07, 6.45) is 1.30. The Balaban J connectivity index is 2.86. The number of anilines is 1. The number of hydrogen-bond acceptors (Lipinski definition) is 5. The molecule has 0 atom stereocenters. The number of nitrogen functional groups attached to an aromatic ring is 1. The molecule has 2 heterocycles. The topological polar surface area (TPSA) is 98.3 Å². The highest BCUT2D eigenvalue weighted by molar-refractivity contribution is 5.35. The zero-order valence-corrected chi connectivity index (χ0v) is 6.81. The van der Waals surface area contributed by atoms with E-state index in [1.807, 2.05) is 0 Å². The quantitative estimate of drug-likeness (QED) is 0.588. The number of nitrogens with one attached hydrogen (secondary N) is 1. The van der Waals surface area contributed by atoms with Crippen LogP contribution in [0.3, 0.4) is 0 Å². The lowest BCUT2D eigenvalue weighted by atomic mass is 10.6. The Kier molecular flexibility index (Phi) is 1.44. The third-order valence-electron chi connectivity index (χ3n) is 1.58. The Labute approximate surface area is 72.2 Å². The first-order chi connectivity index (χ1) is 6.22. The summed E-state index contributed by atoms with van der Waals surface area (Å²) in [5, 5.41) is 2.53. The maximum absolute atomic E-state index is 11.4. The molecule has 0 aromatic carbocycles. The first kappa shape index (κ1) is 7.59. The van der Waals surface area contributed by atoms with Crippen molar-refractivity contribution in [3.63, 3.8) is 0 Å². The smallest absolute Gasteiger partial charge is 0.316 e. The summed E-state index contributed by atoms with van der Waals surface area (Å²) < 4.78 is 5.90. The van der Waals surface area contributed by atoms with E-state index < -0.39 is 0 Å². The summed E-state index contributed by atoms with van der Waals surface area (Å²) in [7, 11) is 1.39. The zero-order valence-electron chi connectivity index (χ0n) is 6.81. The van der Waals surface area contributed by atoms with Gasteiger partial charge in [-0.05, 0) is 0 Å². The summed E-state index contributed by atoms with van der Waals surface area (Å²) >= 11 is 0. The molecule has 0 unspecified atom stereocenters. The van der Waals surface area contributed by atoms with Crippen molar-refractivity contribution in [3.8, 4) is 5.75 Å². The van der Waals surface area contributed by atoms with E-state index in [4.69, 9.17) is 10.5 Å². The molecule has 2 aromatic rings. The molecular formula is C6H7N5O2. The Morgan fingerprint density at radius 3 is 3.15 bits per heavy atom. The summed E-state index contributed by atoms with van der Waals surface area (Å²) in [6, 6.07) is 0. The number of hydrogen-bond donors (Lipinski definition) is 2. The van der Waals surface area contributed by atoms with Crippen LogP contribution in [0.2, 0.25) is 0 Å². The van der Waals surface area contributed by atoms with Gasteiger partial charge in [0.1, 0.15) is 0 Å². The van der Waals surface area contributed by atoms with Gasteiger partial charge in [0.2, 0.25) is 11.7 Å². The fourth-order valence-corrected chi connectivity index (χ4v) is 0.997. The van der Waals surface area contributed by atoms with Crippen LogP contribution in [0, 0.1) is 0 Å². The second-order valence-electron chi connectivity index (χ2n) is 2.38. The van der Waals surface area contributed by atoms with Gasteiger partial charge in [-0.15, -0.1) is 0 Å². The normalized spacial score (nSPS) is 10.5. The predicted octanol–water partition coefficient (Wildman–Crippen LogP) is -0.992. The average Bonchev–Trinajstić information content (AvgIpc) is 2.47. The minimum absolute atomic E-state index is 0.137. The summed E-state index contributed by atoms with van der Waals surface area (Å²) in [5.41, 5.74) is 4.98. The Morgan fingerprint density at radius 1 is 1.69 bits per heavy atom. The molecule has 7 nitrogen and oxygen atoms in total. The van der Waals surface area contributed by atoms with Gasteiger partial charge in [-0.3, -0.25) is 9.89 Å². The van der Waals surface area contributed by atoms with E-state index in [0.717, 1.165) is 4.52 Å². The van der Waals surface area contributed by atoms with Crippen molar-refractivity contribution in [3.05, 3.63) is 16.6 Å². The van der Waals surface area contributed by atoms with Crippen LogP contribution in [-0.2, 0) is 0 Å². The van der Waals surface area contributed by atoms with Gasteiger partial charge >= 0.3 is 5.56 Å². The van der Waals surface area contributed by atoms with E-state index in [1.165, 1.54) is 13.3 Å². The van der Waals surface area contributed by atoms with Crippen molar-refractivity contribution < 1.29 is 4.74 Å². The highest BCUT2D eigenvalue weighted by Gasteiger charge is 2.07. The second-order valence-corrected chi connectivity index (χ2v) is 2.38. The molecular weight excluding hydrogens is 174 g/mol. The van der Waals surface area contributed by atoms with Crippen molar-refractivity contribution in [1.82, 2.24) is 19.6 Å². The molecule has 3 N–H and O–H groups in total. The van der Waals surface area contributed by atoms with Crippen LogP contribution in [0.1, 0.15) is 0 Å². The number of H-pyrrole nitrogens is 1. The fraction of sp³-hybridized carbons (Fsp3) is 0.167. The first-order valence-electron chi connectivity index (χ1n) is 3.49. The molecule has 0 aliphatic carbocycles. The predicted molar refractivity (Wildman–Crippen MR) is 44.6 cm³/mol. The number of ether oxygens (including phenoxy) is 1. The molecule has 7 heteroatoms. The van der Waals surface area contributed by atoms with Gasteiger partial charge < -0.3 is 10.5 Å². The van der Waals surface area contributed by atoms with Gasteiger partial charge in [-0.25, -0.2) is 4.98 Å². The largest absolute Gasteiger partial charge is 0.490 e. The van der Waals surface area contributed by atoms with Gasteiger partial charge in [-0.1, -0.05) is 0 Å². The van der Waals surface area contributed by atoms with Crippen LogP contribution in [0.15, 0.2) is 11.0 Å². The van der Waals surface area contributed by atoms with Gasteiger partial charge in [0.25, 0.3) is 5.78 Å². The lowest BCUT2D eigenvalue weighted by Crippen LogP contribution is -2.16. The lowest BCUT2D eigenvalue weighted by molar-refractivity contribution is 0.404. The van der Waals surface area contributed by atoms with E-state index >= 15 is 0 Å². The summed E-state index contributed by atoms with van der Waals surface area (Å²) in [6.45, 7) is 0. The summed E-state index contributed by atoms with van der Waals surface area (Å²) in [4.78, 5) is 19.1. The van der Waals surface area contributed by atoms with E-state index in [2.05, 4.69) is 15.1 Å². The van der Waals surface area contributed by atoms with Crippen molar-refractivity contribution in [1.29, 1.82) is 0 Å². The van der Waals surface area contributed by atoms with E-state index in [-0.39, 0.29) is 23.0 Å². The Hall–Kier alpha value is -2.05. The molecule has 0 spiro atoms. The van der Waals surface area contributed by atoms with Gasteiger partial charge in [0.05, 0.1) is 13.3 Å². The molecule has 0 saturated heterocycles. The third-order valence-corrected chi connectivity index (χ3v) is 1.58. The van der Waals surface area contributed by atoms with E-state index in [9.17, 15) is 4.79 Å². The van der Waals surface area contributed by atoms with Gasteiger partial charge in [0, 0.05) is 0 Å². The Morgan fingerprint density at radius 2 is 2.46 bits per heavy atom. The van der Waals surface area contributed by atoms with Crippen LogP contribution < -0.4 is 16.0 Å². The maximum atomic E-state index is 11.4. The minimum atomic E-state index is -0.364. The van der Waals surface area contributed by atoms with Crippen molar-refractivity contribution in [2.24, 2.45) is 0 Å². The molecule has 0 aliphatic heterocycles. The highest BCUT2D eigenvalue weighted by Crippen LogP contribution is 2.01. The highest BCUT2D eigenvalue weighted by atomic mass is 16.5. The molecule has 0 fully saturated rings. The molecule has 0 amide bonds. The van der Waals surface area contributed by atoms with Crippen LogP contribution in [0.4, 0.5) is 5.95 Å². The molecule has 68 valence electrons. The summed E-state index contributed by atoms with van der Waals surface area (Å²) in [5.74, 6) is 0.502. The standard InChI is InChI=1S/C6H7N5O2/c1-13-3-2-8-6-9-5(7)10-11(6)4(3)12/h2H,1H3,(H3,7,8,9,10). The fourth-order valence-electron chi connectivity index (χ4n) is 0.997. The van der Waals surface area contributed by atoms with Crippen molar-refractivity contribution in [2.75, 3.05) is 12.8 Å². The molecule has 0 aliphatic rings. The van der Waals surface area contributed by atoms with Crippen LogP contribution in [0.5, 0.6) is 5.75 Å². The molecule has 0 bridgehead atoms. The minimum Gasteiger partial charge on any atom is -0.490 e. The molecule has 2 aromatic heterocycles. The molecule has 13 heavy (non-hydrogen) atoms. The van der Waals surface area contributed by atoms with Crippen LogP contribution >= 0.6 is 0 Å². The first-order valence-corrected chi connectivity index (χ1v) is 3.49. The third kappa shape index (κ3) is 1.01. The Bertz CT molecular complexity index is 499. The molecule has 0 radical (unpaired) electrons. The van der Waals surface area contributed by atoms with Crippen LogP contribution in [0.25, 0.3) is 5.78 Å². The van der Waals surface area contributed by atoms with E-state index in [1.54, 1.807) is 0 Å². The lowest BCUT2D eigenvalue weighted by Gasteiger charge is -1.96. The van der Waals surface area contributed by atoms with Crippen molar-refractivity contribution >= 4 is 11.7 Å². The number of aromatic amines is 1. The number of rotatable bonds is 1. The second kappa shape index (κ2) is 2.47. The average molecular weight is 181 g/mol. The maximum Gasteiger partial charge on any atom is 0.316 e. The van der Waals surface area contributed by atoms with Crippen LogP contribution in [-0.4, -0.2) is 26.7 Å². The number of fused-ring (bicyclic) bond motifs is 1. The SMILES string of the molecule is COc1cnc2nc(N)[nH]n2c1=O. The number of nitrogens with zero attached hydrogens (tertiary/aromatic N) is 3. The van der Waals surface area contributed by atoms with Gasteiger partial charge in [-0.2, -0.15) is 9.50 Å². The molecule has 2 rings (SSSR count). The zero-order chi connectivity index (χ0) is 9.42. The molecule has 0 saturated carbocycles. The number of aromatic nitrogens is 4. The van der Waals surface area contributed by atoms with Crippen molar-refractivity contribution in [2.45, 2.75) is 0 Å². The number of nitrogens with two attached hydrogens (primary N) is 1.